The number of hydrogen-bond acceptors (Lipinski definition) is 2. The van der Waals surface area contributed by atoms with Gasteiger partial charge in [-0.05, 0) is 22.8 Å². The third kappa shape index (κ3) is 3.96. The van der Waals surface area contributed by atoms with Gasteiger partial charge in [-0.3, -0.25) is 0 Å². The number of alkyl halides is 3. The topological polar surface area (TPSA) is 34.4 Å². The average molecular weight is 425 g/mol. The predicted octanol–water partition coefficient (Wildman–Crippen LogP) is 5.97. The molecule has 0 spiro atoms. The van der Waals surface area contributed by atoms with E-state index in [0.29, 0.717) is 22.2 Å². The summed E-state index contributed by atoms with van der Waals surface area (Å²) in [5, 5.41) is 11.2. The summed E-state index contributed by atoms with van der Waals surface area (Å²) < 4.78 is 48.9. The van der Waals surface area contributed by atoms with E-state index in [2.05, 4.69) is 0 Å². The first-order valence-corrected chi connectivity index (χ1v) is 9.88. The third-order valence-corrected chi connectivity index (χ3v) is 5.44. The summed E-state index contributed by atoms with van der Waals surface area (Å²) in [6.45, 7) is 0.161. The Morgan fingerprint density at radius 3 is 2.06 bits per heavy atom. The summed E-state index contributed by atoms with van der Waals surface area (Å²) in [7, 11) is 1.54. The van der Waals surface area contributed by atoms with Crippen LogP contribution in [-0.4, -0.2) is 29.1 Å². The fourth-order valence-corrected chi connectivity index (χ4v) is 4.17. The summed E-state index contributed by atoms with van der Waals surface area (Å²) in [6.07, 6.45) is -7.36. The Kier molecular flexibility index (Phi) is 5.85. The second-order valence-electron chi connectivity index (χ2n) is 7.37. The molecule has 2 atom stereocenters. The molecule has 3 aromatic carbocycles. The third-order valence-electron chi connectivity index (χ3n) is 5.44. The maximum absolute atomic E-state index is 13.9. The summed E-state index contributed by atoms with van der Waals surface area (Å²) >= 11 is 0. The summed E-state index contributed by atoms with van der Waals surface area (Å²) in [5.74, 6) is -1.31. The SMILES string of the molecule is COCn1c(-c2ccccc2)c(C(c2ccccc2)C(O)C(F)(F)F)c2ccccc21. The molecule has 0 saturated heterocycles. The molecule has 0 aliphatic rings. The van der Waals surface area contributed by atoms with Gasteiger partial charge in [-0.1, -0.05) is 78.9 Å². The van der Waals surface area contributed by atoms with Crippen LogP contribution in [0.25, 0.3) is 22.2 Å². The Morgan fingerprint density at radius 2 is 1.45 bits per heavy atom. The van der Waals surface area contributed by atoms with Crippen molar-refractivity contribution >= 4 is 10.9 Å². The van der Waals surface area contributed by atoms with E-state index in [4.69, 9.17) is 4.74 Å². The van der Waals surface area contributed by atoms with E-state index in [1.54, 1.807) is 49.6 Å². The van der Waals surface area contributed by atoms with Crippen LogP contribution >= 0.6 is 0 Å². The number of ether oxygens (including phenoxy) is 1. The van der Waals surface area contributed by atoms with E-state index in [1.807, 2.05) is 47.0 Å². The van der Waals surface area contributed by atoms with Gasteiger partial charge in [0.15, 0.2) is 6.10 Å². The molecular formula is C25H22F3NO2. The van der Waals surface area contributed by atoms with Gasteiger partial charge in [0, 0.05) is 18.4 Å². The first kappa shape index (κ1) is 21.2. The molecule has 2 unspecified atom stereocenters. The van der Waals surface area contributed by atoms with Crippen molar-refractivity contribution in [2.75, 3.05) is 7.11 Å². The number of methoxy groups -OCH3 is 1. The van der Waals surface area contributed by atoms with E-state index in [9.17, 15) is 18.3 Å². The maximum Gasteiger partial charge on any atom is 0.415 e. The molecule has 0 bridgehead atoms. The van der Waals surface area contributed by atoms with Crippen molar-refractivity contribution in [3.05, 3.63) is 96.1 Å². The zero-order valence-electron chi connectivity index (χ0n) is 16.9. The van der Waals surface area contributed by atoms with Crippen molar-refractivity contribution in [3.63, 3.8) is 0 Å². The highest BCUT2D eigenvalue weighted by Crippen LogP contribution is 2.45. The van der Waals surface area contributed by atoms with Crippen LogP contribution in [0.2, 0.25) is 0 Å². The highest BCUT2D eigenvalue weighted by molar-refractivity contribution is 5.93. The summed E-state index contributed by atoms with van der Waals surface area (Å²) in [6, 6.07) is 24.9. The molecule has 0 radical (unpaired) electrons. The standard InChI is InChI=1S/C25H22F3NO2/c1-31-16-29-20-15-9-8-14-19(20)22(23(29)18-12-6-3-7-13-18)21(24(30)25(26,27)28)17-10-4-2-5-11-17/h2-15,21,24,30H,16H2,1H3. The Hall–Kier alpha value is -3.09. The van der Waals surface area contributed by atoms with Gasteiger partial charge in [0.1, 0.15) is 6.73 Å². The number of aliphatic hydroxyl groups excluding tert-OH is 1. The van der Waals surface area contributed by atoms with Crippen LogP contribution in [0.15, 0.2) is 84.9 Å². The first-order chi connectivity index (χ1) is 14.9. The van der Waals surface area contributed by atoms with Crippen LogP contribution in [-0.2, 0) is 11.5 Å². The van der Waals surface area contributed by atoms with Crippen molar-refractivity contribution < 1.29 is 23.0 Å². The Labute approximate surface area is 178 Å². The molecule has 1 aromatic heterocycles. The van der Waals surface area contributed by atoms with Gasteiger partial charge in [-0.15, -0.1) is 0 Å². The summed E-state index contributed by atoms with van der Waals surface area (Å²) in [4.78, 5) is 0. The van der Waals surface area contributed by atoms with Gasteiger partial charge >= 0.3 is 6.18 Å². The highest BCUT2D eigenvalue weighted by Gasteiger charge is 2.46. The van der Waals surface area contributed by atoms with Crippen molar-refractivity contribution in [2.24, 2.45) is 0 Å². The highest BCUT2D eigenvalue weighted by atomic mass is 19.4. The van der Waals surface area contributed by atoms with E-state index in [1.165, 1.54) is 0 Å². The number of benzene rings is 3. The molecule has 3 nitrogen and oxygen atoms in total. The number of aromatic nitrogens is 1. The molecule has 0 aliphatic carbocycles. The van der Waals surface area contributed by atoms with Crippen LogP contribution in [0.3, 0.4) is 0 Å². The zero-order chi connectivity index (χ0) is 22.0. The molecule has 1 N–H and O–H groups in total. The zero-order valence-corrected chi connectivity index (χ0v) is 16.9. The van der Waals surface area contributed by atoms with Gasteiger partial charge in [0.25, 0.3) is 0 Å². The van der Waals surface area contributed by atoms with Gasteiger partial charge in [0.05, 0.1) is 11.2 Å². The molecule has 1 heterocycles. The molecule has 0 aliphatic heterocycles. The fourth-order valence-electron chi connectivity index (χ4n) is 4.17. The van der Waals surface area contributed by atoms with Crippen molar-refractivity contribution in [3.8, 4) is 11.3 Å². The van der Waals surface area contributed by atoms with Gasteiger partial charge in [-0.2, -0.15) is 13.2 Å². The Bertz CT molecular complexity index is 1150. The molecule has 31 heavy (non-hydrogen) atoms. The number of aliphatic hydroxyl groups is 1. The number of rotatable bonds is 6. The average Bonchev–Trinajstić information content (AvgIpc) is 3.09. The number of halogens is 3. The molecule has 6 heteroatoms. The molecule has 4 rings (SSSR count). The van der Waals surface area contributed by atoms with E-state index in [-0.39, 0.29) is 6.73 Å². The minimum absolute atomic E-state index is 0.161. The smallest absolute Gasteiger partial charge is 0.383 e. The van der Waals surface area contributed by atoms with Crippen molar-refractivity contribution in [1.82, 2.24) is 4.57 Å². The second kappa shape index (κ2) is 8.57. The van der Waals surface area contributed by atoms with E-state index in [0.717, 1.165) is 11.1 Å². The first-order valence-electron chi connectivity index (χ1n) is 9.88. The molecule has 0 fully saturated rings. The lowest BCUT2D eigenvalue weighted by molar-refractivity contribution is -0.207. The molecular weight excluding hydrogens is 403 g/mol. The molecule has 0 amide bonds. The number of nitrogens with zero attached hydrogens (tertiary/aromatic N) is 1. The fraction of sp³-hybridized carbons (Fsp3) is 0.200. The van der Waals surface area contributed by atoms with Gasteiger partial charge in [-0.25, -0.2) is 0 Å². The van der Waals surface area contributed by atoms with Crippen LogP contribution < -0.4 is 0 Å². The van der Waals surface area contributed by atoms with Crippen molar-refractivity contribution in [1.29, 1.82) is 0 Å². The van der Waals surface area contributed by atoms with E-state index < -0.39 is 18.2 Å². The number of para-hydroxylation sites is 1. The lowest BCUT2D eigenvalue weighted by atomic mass is 9.83. The van der Waals surface area contributed by atoms with E-state index >= 15 is 0 Å². The van der Waals surface area contributed by atoms with Gasteiger partial charge in [0.2, 0.25) is 0 Å². The number of hydrogen-bond donors (Lipinski definition) is 1. The van der Waals surface area contributed by atoms with Crippen molar-refractivity contribution in [2.45, 2.75) is 24.9 Å². The lowest BCUT2D eigenvalue weighted by Gasteiger charge is -2.27. The van der Waals surface area contributed by atoms with Crippen LogP contribution in [0.4, 0.5) is 13.2 Å². The second-order valence-corrected chi connectivity index (χ2v) is 7.37. The number of fused-ring (bicyclic) bond motifs is 1. The van der Waals surface area contributed by atoms with Crippen LogP contribution in [0, 0.1) is 0 Å². The minimum Gasteiger partial charge on any atom is -0.383 e. The van der Waals surface area contributed by atoms with Crippen LogP contribution in [0.1, 0.15) is 17.0 Å². The lowest BCUT2D eigenvalue weighted by Crippen LogP contribution is -2.35. The maximum atomic E-state index is 13.9. The van der Waals surface area contributed by atoms with Gasteiger partial charge < -0.3 is 14.4 Å². The molecule has 0 saturated carbocycles. The molecule has 160 valence electrons. The summed E-state index contributed by atoms with van der Waals surface area (Å²) in [5.41, 5.74) is 2.91. The monoisotopic (exact) mass is 425 g/mol. The predicted molar refractivity (Wildman–Crippen MR) is 115 cm³/mol. The minimum atomic E-state index is -4.79. The Balaban J connectivity index is 2.11. The van der Waals surface area contributed by atoms with Crippen LogP contribution in [0.5, 0.6) is 0 Å². The Morgan fingerprint density at radius 1 is 0.871 bits per heavy atom. The molecule has 4 aromatic rings. The largest absolute Gasteiger partial charge is 0.415 e. The quantitative estimate of drug-likeness (QED) is 0.413. The normalized spacial score (nSPS) is 14.0.